The number of allylic oxidation sites excluding steroid dienone is 3. The Hall–Kier alpha value is -3.01. The Morgan fingerprint density at radius 3 is 2.42 bits per heavy atom. The molecule has 26 heavy (non-hydrogen) atoms. The normalized spacial score (nSPS) is 14.7. The molecule has 0 atom stereocenters. The van der Waals surface area contributed by atoms with Crippen LogP contribution < -0.4 is 0 Å². The van der Waals surface area contributed by atoms with E-state index in [0.29, 0.717) is 5.92 Å². The van der Waals surface area contributed by atoms with E-state index in [-0.39, 0.29) is 0 Å². The van der Waals surface area contributed by atoms with Crippen molar-refractivity contribution < 1.29 is 0 Å². The monoisotopic (exact) mass is 342 g/mol. The molecule has 4 nitrogen and oxygen atoms in total. The van der Waals surface area contributed by atoms with Gasteiger partial charge in [0.2, 0.25) is 0 Å². The molecule has 1 heterocycles. The second-order valence-electron chi connectivity index (χ2n) is 6.96. The van der Waals surface area contributed by atoms with Gasteiger partial charge in [-0.15, -0.1) is 10.2 Å². The first-order valence-corrected chi connectivity index (χ1v) is 9.05. The van der Waals surface area contributed by atoms with E-state index >= 15 is 0 Å². The highest BCUT2D eigenvalue weighted by atomic mass is 15.5. The van der Waals surface area contributed by atoms with Crippen LogP contribution in [0.1, 0.15) is 54.3 Å². The summed E-state index contributed by atoms with van der Waals surface area (Å²) in [6.45, 7) is 4.44. The summed E-state index contributed by atoms with van der Waals surface area (Å²) in [5, 5.41) is 14.3. The van der Waals surface area contributed by atoms with Gasteiger partial charge in [0, 0.05) is 6.42 Å². The summed E-state index contributed by atoms with van der Waals surface area (Å²) in [5.74, 6) is 1.31. The lowest BCUT2D eigenvalue weighted by Gasteiger charge is -2.06. The van der Waals surface area contributed by atoms with Gasteiger partial charge in [-0.3, -0.25) is 0 Å². The van der Waals surface area contributed by atoms with Gasteiger partial charge in [0.1, 0.15) is 0 Å². The first-order valence-electron chi connectivity index (χ1n) is 9.05. The molecule has 130 valence electrons. The highest BCUT2D eigenvalue weighted by Gasteiger charge is 2.18. The highest BCUT2D eigenvalue weighted by molar-refractivity contribution is 6.01. The maximum atomic E-state index is 4.05. The van der Waals surface area contributed by atoms with E-state index in [1.165, 1.54) is 33.4 Å². The molecule has 0 fully saturated rings. The fourth-order valence-electron chi connectivity index (χ4n) is 3.38. The Kier molecular flexibility index (Phi) is 4.48. The van der Waals surface area contributed by atoms with Crippen molar-refractivity contribution >= 4 is 17.2 Å². The Labute approximate surface area is 153 Å². The minimum absolute atomic E-state index is 0.556. The van der Waals surface area contributed by atoms with E-state index in [4.69, 9.17) is 0 Å². The van der Waals surface area contributed by atoms with Crippen molar-refractivity contribution in [3.63, 3.8) is 0 Å². The molecule has 0 amide bonds. The number of rotatable bonds is 5. The predicted octanol–water partition coefficient (Wildman–Crippen LogP) is 4.89. The fourth-order valence-corrected chi connectivity index (χ4v) is 3.38. The maximum absolute atomic E-state index is 4.05. The molecule has 1 N–H and O–H groups in total. The van der Waals surface area contributed by atoms with Gasteiger partial charge in [0.15, 0.2) is 5.82 Å². The van der Waals surface area contributed by atoms with E-state index in [2.05, 4.69) is 95.2 Å². The second-order valence-corrected chi connectivity index (χ2v) is 6.96. The molecule has 3 aromatic rings. The van der Waals surface area contributed by atoms with E-state index < -0.39 is 0 Å². The van der Waals surface area contributed by atoms with Crippen molar-refractivity contribution in [2.75, 3.05) is 0 Å². The van der Waals surface area contributed by atoms with E-state index in [1.807, 2.05) is 0 Å². The van der Waals surface area contributed by atoms with Gasteiger partial charge in [-0.2, -0.15) is 5.21 Å². The van der Waals surface area contributed by atoms with Crippen molar-refractivity contribution in [3.05, 3.63) is 82.7 Å². The molecular weight excluding hydrogens is 320 g/mol. The van der Waals surface area contributed by atoms with Gasteiger partial charge >= 0.3 is 0 Å². The molecule has 0 saturated carbocycles. The highest BCUT2D eigenvalue weighted by Crippen LogP contribution is 2.38. The first kappa shape index (κ1) is 16.5. The van der Waals surface area contributed by atoms with Crippen LogP contribution in [0.2, 0.25) is 0 Å². The molecule has 1 aromatic heterocycles. The second kappa shape index (κ2) is 7.08. The van der Waals surface area contributed by atoms with Crippen molar-refractivity contribution in [1.29, 1.82) is 0 Å². The molecule has 1 aliphatic rings. The third kappa shape index (κ3) is 3.36. The van der Waals surface area contributed by atoms with Gasteiger partial charge in [-0.05, 0) is 51.8 Å². The number of hydrogen-bond acceptors (Lipinski definition) is 3. The number of nitrogens with zero attached hydrogens (tertiary/aromatic N) is 3. The maximum Gasteiger partial charge on any atom is 0.174 e. The number of benzene rings is 2. The summed E-state index contributed by atoms with van der Waals surface area (Å²) >= 11 is 0. The third-order valence-corrected chi connectivity index (χ3v) is 4.85. The summed E-state index contributed by atoms with van der Waals surface area (Å²) in [6.07, 6.45) is 6.25. The summed E-state index contributed by atoms with van der Waals surface area (Å²) in [6, 6.07) is 17.4. The van der Waals surface area contributed by atoms with Crippen LogP contribution in [0.25, 0.3) is 17.2 Å². The third-order valence-electron chi connectivity index (χ3n) is 4.85. The number of aromatic nitrogens is 4. The first-order chi connectivity index (χ1) is 12.7. The van der Waals surface area contributed by atoms with Gasteiger partial charge in [0.25, 0.3) is 0 Å². The minimum Gasteiger partial charge on any atom is -0.177 e. The molecule has 4 heteroatoms. The Bertz CT molecular complexity index is 948. The van der Waals surface area contributed by atoms with Crippen molar-refractivity contribution in [2.45, 2.75) is 32.6 Å². The fraction of sp³-hybridized carbons (Fsp3) is 0.227. The van der Waals surface area contributed by atoms with Crippen LogP contribution in [0.15, 0.2) is 54.6 Å². The SMILES string of the molecule is CC(C)c1ccc(/C=C2\C=C(CCc3nn[nH]n3)c3ccccc32)cc1. The Balaban J connectivity index is 1.62. The number of fused-ring (bicyclic) bond motifs is 1. The zero-order chi connectivity index (χ0) is 17.9. The molecule has 0 unspecified atom stereocenters. The van der Waals surface area contributed by atoms with Crippen LogP contribution in [-0.2, 0) is 6.42 Å². The summed E-state index contributed by atoms with van der Waals surface area (Å²) < 4.78 is 0. The molecule has 0 saturated heterocycles. The van der Waals surface area contributed by atoms with Gasteiger partial charge in [-0.25, -0.2) is 0 Å². The summed E-state index contributed by atoms with van der Waals surface area (Å²) in [5.41, 5.74) is 7.80. The number of hydrogen-bond donors (Lipinski definition) is 1. The largest absolute Gasteiger partial charge is 0.177 e. The number of aryl methyl sites for hydroxylation is 1. The zero-order valence-corrected chi connectivity index (χ0v) is 15.1. The molecule has 1 aliphatic carbocycles. The lowest BCUT2D eigenvalue weighted by atomic mass is 9.99. The smallest absolute Gasteiger partial charge is 0.174 e. The molecule has 0 spiro atoms. The molecule has 2 aromatic carbocycles. The lowest BCUT2D eigenvalue weighted by molar-refractivity contribution is 0.866. The van der Waals surface area contributed by atoms with Crippen LogP contribution in [0, 0.1) is 0 Å². The van der Waals surface area contributed by atoms with Gasteiger partial charge in [-0.1, -0.05) is 73.7 Å². The van der Waals surface area contributed by atoms with Crippen LogP contribution in [0.3, 0.4) is 0 Å². The van der Waals surface area contributed by atoms with Crippen LogP contribution in [0.5, 0.6) is 0 Å². The van der Waals surface area contributed by atoms with Crippen LogP contribution in [-0.4, -0.2) is 20.6 Å². The van der Waals surface area contributed by atoms with Crippen molar-refractivity contribution in [3.8, 4) is 0 Å². The van der Waals surface area contributed by atoms with Crippen molar-refractivity contribution in [1.82, 2.24) is 20.6 Å². The van der Waals surface area contributed by atoms with Crippen molar-refractivity contribution in [2.24, 2.45) is 0 Å². The Morgan fingerprint density at radius 2 is 1.73 bits per heavy atom. The molecule has 0 bridgehead atoms. The topological polar surface area (TPSA) is 54.5 Å². The summed E-state index contributed by atoms with van der Waals surface area (Å²) in [7, 11) is 0. The number of aromatic amines is 1. The predicted molar refractivity (Wildman–Crippen MR) is 105 cm³/mol. The van der Waals surface area contributed by atoms with Crippen LogP contribution in [0.4, 0.5) is 0 Å². The van der Waals surface area contributed by atoms with E-state index in [1.54, 1.807) is 0 Å². The standard InChI is InChI=1S/C22H22N4/c1-15(2)17-9-7-16(8-10-17)13-19-14-18(11-12-22-23-25-26-24-22)20-5-3-4-6-21(19)20/h3-10,13-15H,11-12H2,1-2H3,(H,23,24,25,26)/b19-13+. The average Bonchev–Trinajstić information content (AvgIpc) is 3.29. The number of H-pyrrole nitrogens is 1. The van der Waals surface area contributed by atoms with Gasteiger partial charge < -0.3 is 0 Å². The molecule has 0 radical (unpaired) electrons. The van der Waals surface area contributed by atoms with E-state index in [0.717, 1.165) is 18.7 Å². The molecule has 4 rings (SSSR count). The number of nitrogens with one attached hydrogen (secondary N) is 1. The lowest BCUT2D eigenvalue weighted by Crippen LogP contribution is -1.91. The Morgan fingerprint density at radius 1 is 0.962 bits per heavy atom. The minimum atomic E-state index is 0.556. The molecule has 0 aliphatic heterocycles. The van der Waals surface area contributed by atoms with Crippen LogP contribution >= 0.6 is 0 Å². The number of tetrazole rings is 1. The molecular formula is C22H22N4. The van der Waals surface area contributed by atoms with E-state index in [9.17, 15) is 0 Å². The van der Waals surface area contributed by atoms with Gasteiger partial charge in [0.05, 0.1) is 0 Å². The average molecular weight is 342 g/mol. The summed E-state index contributed by atoms with van der Waals surface area (Å²) in [4.78, 5) is 0. The quantitative estimate of drug-likeness (QED) is 0.718. The zero-order valence-electron chi connectivity index (χ0n) is 15.1.